The first kappa shape index (κ1) is 21.4. The number of para-hydroxylation sites is 1. The number of nitrogens with zero attached hydrogens (tertiary/aromatic N) is 1. The number of amides is 1. The van der Waals surface area contributed by atoms with Gasteiger partial charge in [-0.05, 0) is 29.8 Å². The molecule has 1 fully saturated rings. The van der Waals surface area contributed by atoms with E-state index < -0.39 is 0 Å². The highest BCUT2D eigenvalue weighted by molar-refractivity contribution is 6.07. The van der Waals surface area contributed by atoms with Gasteiger partial charge in [0.1, 0.15) is 11.5 Å². The molecule has 0 unspecified atom stereocenters. The highest BCUT2D eigenvalue weighted by atomic mass is 19.1. The summed E-state index contributed by atoms with van der Waals surface area (Å²) in [6.45, 7) is 0.444. The number of benzene rings is 2. The van der Waals surface area contributed by atoms with Gasteiger partial charge in [-0.1, -0.05) is 37.5 Å². The quantitative estimate of drug-likeness (QED) is 0.630. The zero-order chi connectivity index (χ0) is 21.7. The summed E-state index contributed by atoms with van der Waals surface area (Å²) < 4.78 is 13.0. The number of allylic oxidation sites excluding steroid dienone is 2. The molecule has 7 heteroatoms. The van der Waals surface area contributed by atoms with E-state index in [0.717, 1.165) is 5.56 Å². The number of ketones is 1. The molecule has 2 aromatic carbocycles. The molecule has 0 aromatic heterocycles. The third kappa shape index (κ3) is 5.37. The van der Waals surface area contributed by atoms with E-state index in [-0.39, 0.29) is 40.9 Å². The molecule has 2 aliphatic carbocycles. The van der Waals surface area contributed by atoms with Crippen LogP contribution in [0.25, 0.3) is 0 Å². The second kappa shape index (κ2) is 9.43. The number of halogens is 1. The van der Waals surface area contributed by atoms with Crippen molar-refractivity contribution in [2.75, 3.05) is 19.4 Å². The molecule has 6 nitrogen and oxygen atoms in total. The number of phenolic OH excluding ortho intramolecular Hbond substituents is 1. The van der Waals surface area contributed by atoms with Crippen LogP contribution in [0.4, 0.5) is 10.1 Å². The largest absolute Gasteiger partial charge is 0.505 e. The van der Waals surface area contributed by atoms with Crippen LogP contribution in [-0.4, -0.2) is 35.8 Å². The number of nitrogens with one attached hydrogen (secondary N) is 2. The van der Waals surface area contributed by atoms with Gasteiger partial charge >= 0.3 is 0 Å². The van der Waals surface area contributed by atoms with Gasteiger partial charge in [-0.25, -0.2) is 4.39 Å². The third-order valence-electron chi connectivity index (χ3n) is 4.62. The summed E-state index contributed by atoms with van der Waals surface area (Å²) in [4.78, 5) is 25.5. The summed E-state index contributed by atoms with van der Waals surface area (Å²) >= 11 is 0. The summed E-state index contributed by atoms with van der Waals surface area (Å²) in [5.74, 6) is -0.942. The zero-order valence-electron chi connectivity index (χ0n) is 17.2. The first-order chi connectivity index (χ1) is 14.4. The van der Waals surface area contributed by atoms with Gasteiger partial charge in [0.05, 0.1) is 17.7 Å². The summed E-state index contributed by atoms with van der Waals surface area (Å²) in [7, 11) is 3.19. The van der Waals surface area contributed by atoms with Gasteiger partial charge in [-0.15, -0.1) is 0 Å². The maximum atomic E-state index is 13.0. The molecule has 0 spiro atoms. The van der Waals surface area contributed by atoms with Gasteiger partial charge in [-0.2, -0.15) is 0 Å². The lowest BCUT2D eigenvalue weighted by atomic mass is 9.98. The van der Waals surface area contributed by atoms with Crippen LogP contribution in [-0.2, 0) is 11.3 Å². The van der Waals surface area contributed by atoms with Crippen molar-refractivity contribution in [1.82, 2.24) is 10.2 Å². The van der Waals surface area contributed by atoms with E-state index >= 15 is 0 Å². The van der Waals surface area contributed by atoms with Crippen molar-refractivity contribution in [1.29, 1.82) is 0 Å². The summed E-state index contributed by atoms with van der Waals surface area (Å²) in [5, 5.41) is 16.4. The fraction of sp³-hybridized carbons (Fsp3) is 0.304. The second-order valence-electron chi connectivity index (χ2n) is 7.52. The van der Waals surface area contributed by atoms with Crippen LogP contribution >= 0.6 is 0 Å². The van der Waals surface area contributed by atoms with E-state index in [4.69, 9.17) is 0 Å². The van der Waals surface area contributed by atoms with Crippen molar-refractivity contribution in [3.8, 4) is 5.75 Å². The molecule has 158 valence electrons. The minimum absolute atomic E-state index is 0.0969. The smallest absolute Gasteiger partial charge is 0.257 e. The molecule has 4 rings (SSSR count). The fourth-order valence-corrected chi connectivity index (χ4v) is 2.70. The van der Waals surface area contributed by atoms with Gasteiger partial charge in [0.25, 0.3) is 5.91 Å². The molecule has 2 aliphatic rings. The van der Waals surface area contributed by atoms with Gasteiger partial charge < -0.3 is 20.6 Å². The molecule has 2 aromatic rings. The Morgan fingerprint density at radius 2 is 1.77 bits per heavy atom. The van der Waals surface area contributed by atoms with Crippen LogP contribution < -0.4 is 10.6 Å². The fourth-order valence-electron chi connectivity index (χ4n) is 2.70. The average molecular weight is 411 g/mol. The van der Waals surface area contributed by atoms with Gasteiger partial charge in [0.2, 0.25) is 0 Å². The lowest BCUT2D eigenvalue weighted by molar-refractivity contribution is -0.116. The molecule has 0 saturated heterocycles. The second-order valence-corrected chi connectivity index (χ2v) is 7.52. The molecule has 0 aliphatic heterocycles. The Balaban J connectivity index is 0.000000782. The van der Waals surface area contributed by atoms with Crippen molar-refractivity contribution in [2.24, 2.45) is 0 Å². The Kier molecular flexibility index (Phi) is 6.72. The zero-order valence-corrected chi connectivity index (χ0v) is 17.2. The Morgan fingerprint density at radius 1 is 1.10 bits per heavy atom. The average Bonchev–Trinajstić information content (AvgIpc) is 3.60. The van der Waals surface area contributed by atoms with Crippen LogP contribution in [0, 0.1) is 5.82 Å². The molecule has 30 heavy (non-hydrogen) atoms. The molecule has 0 bridgehead atoms. The van der Waals surface area contributed by atoms with Crippen LogP contribution in [0.3, 0.4) is 0 Å². The first-order valence-corrected chi connectivity index (χ1v) is 9.92. The molecule has 3 N–H and O–H groups in total. The minimum Gasteiger partial charge on any atom is -0.505 e. The molecule has 1 saturated carbocycles. The van der Waals surface area contributed by atoms with E-state index in [1.165, 1.54) is 42.4 Å². The molecular formula is C23H26FN3O3. The molecule has 1 amide bonds. The maximum Gasteiger partial charge on any atom is 0.257 e. The molecule has 0 atom stereocenters. The van der Waals surface area contributed by atoms with Crippen molar-refractivity contribution in [2.45, 2.75) is 32.2 Å². The summed E-state index contributed by atoms with van der Waals surface area (Å²) in [6.07, 6.45) is 4.75. The van der Waals surface area contributed by atoms with Gasteiger partial charge in [0, 0.05) is 26.3 Å². The van der Waals surface area contributed by atoms with Crippen LogP contribution in [0.2, 0.25) is 0 Å². The number of Topliss-reactive ketones (excluding diaryl/α,β-unsaturated/α-hetero) is 1. The van der Waals surface area contributed by atoms with E-state index in [1.807, 2.05) is 0 Å². The number of rotatable bonds is 6. The number of carbonyl (C=O) groups excluding carboxylic acids is 2. The number of hydrogen-bond donors (Lipinski definition) is 3. The van der Waals surface area contributed by atoms with Crippen molar-refractivity contribution < 1.29 is 19.1 Å². The third-order valence-corrected chi connectivity index (χ3v) is 4.62. The van der Waals surface area contributed by atoms with Crippen LogP contribution in [0.15, 0.2) is 53.9 Å². The molecule has 0 heterocycles. The maximum absolute atomic E-state index is 13.0. The Hall–Kier alpha value is -3.35. The van der Waals surface area contributed by atoms with Crippen LogP contribution in [0.5, 0.6) is 5.75 Å². The number of phenols is 1. The molecule has 0 radical (unpaired) electrons. The highest BCUT2D eigenvalue weighted by Gasteiger charge is 2.28. The lowest BCUT2D eigenvalue weighted by Gasteiger charge is -2.25. The number of aromatic hydroxyl groups is 1. The van der Waals surface area contributed by atoms with Crippen LogP contribution in [0.1, 0.15) is 41.6 Å². The topological polar surface area (TPSA) is 81.7 Å². The van der Waals surface area contributed by atoms with Gasteiger partial charge in [0.15, 0.2) is 11.5 Å². The summed E-state index contributed by atoms with van der Waals surface area (Å²) in [5.41, 5.74) is 2.36. The van der Waals surface area contributed by atoms with E-state index in [0.29, 0.717) is 17.9 Å². The monoisotopic (exact) mass is 411 g/mol. The van der Waals surface area contributed by atoms with Crippen molar-refractivity contribution >= 4 is 17.4 Å². The SMILES string of the molecule is C1CC1.CN(C)C(=O)c1cccc(NC2=C(NCc3ccc(F)cc3)CC2=O)c1O. The van der Waals surface area contributed by atoms with Crippen molar-refractivity contribution in [3.05, 3.63) is 70.8 Å². The Bertz CT molecular complexity index is 963. The summed E-state index contributed by atoms with van der Waals surface area (Å²) in [6, 6.07) is 10.8. The van der Waals surface area contributed by atoms with Gasteiger partial charge in [-0.3, -0.25) is 9.59 Å². The predicted octanol–water partition coefficient (Wildman–Crippen LogP) is 3.79. The minimum atomic E-state index is -0.334. The normalized spacial score (nSPS) is 14.3. The predicted molar refractivity (Wildman–Crippen MR) is 113 cm³/mol. The number of hydrogen-bond acceptors (Lipinski definition) is 5. The standard InChI is InChI=1S/C20H20FN3O3.C3H6/c1-24(2)20(27)14-4-3-5-15(19(14)26)23-18-16(10-17(18)25)22-11-12-6-8-13(21)9-7-12;1-2-3-1/h3-9,22-23,26H,10-11H2,1-2H3;1-3H2. The first-order valence-electron chi connectivity index (χ1n) is 9.92. The van der Waals surface area contributed by atoms with E-state index in [2.05, 4.69) is 10.6 Å². The number of carbonyl (C=O) groups is 2. The van der Waals surface area contributed by atoms with E-state index in [9.17, 15) is 19.1 Å². The Morgan fingerprint density at radius 3 is 2.33 bits per heavy atom. The molecular weight excluding hydrogens is 385 g/mol. The highest BCUT2D eigenvalue weighted by Crippen LogP contribution is 2.32. The lowest BCUT2D eigenvalue weighted by Crippen LogP contribution is -2.32. The van der Waals surface area contributed by atoms with Crippen molar-refractivity contribution in [3.63, 3.8) is 0 Å². The Labute approximate surface area is 175 Å². The number of anilines is 1. The van der Waals surface area contributed by atoms with E-state index in [1.54, 1.807) is 38.4 Å².